The summed E-state index contributed by atoms with van der Waals surface area (Å²) in [6, 6.07) is 0.472. The van der Waals surface area contributed by atoms with Crippen LogP contribution in [0, 0.1) is 6.92 Å². The van der Waals surface area contributed by atoms with Crippen molar-refractivity contribution in [2.24, 2.45) is 0 Å². The molecule has 2 fully saturated rings. The van der Waals surface area contributed by atoms with Gasteiger partial charge in [0.15, 0.2) is 11.5 Å². The first-order valence-corrected chi connectivity index (χ1v) is 11.5. The van der Waals surface area contributed by atoms with Gasteiger partial charge in [-0.1, -0.05) is 12.8 Å². The number of nitrogens with one attached hydrogen (secondary N) is 2. The first-order valence-electron chi connectivity index (χ1n) is 10.1. The van der Waals surface area contributed by atoms with Crippen LogP contribution in [0.4, 0.5) is 11.8 Å². The zero-order valence-electron chi connectivity index (χ0n) is 16.8. The summed E-state index contributed by atoms with van der Waals surface area (Å²) in [4.78, 5) is 16.4. The van der Waals surface area contributed by atoms with Gasteiger partial charge in [-0.25, -0.2) is 4.72 Å². The van der Waals surface area contributed by atoms with E-state index in [1.165, 1.54) is 17.1 Å². The van der Waals surface area contributed by atoms with Crippen LogP contribution >= 0.6 is 0 Å². The molecule has 1 aliphatic heterocycles. The smallest absolute Gasteiger partial charge is 0.304 e. The molecule has 2 aromatic rings. The van der Waals surface area contributed by atoms with Crippen LogP contribution in [-0.2, 0) is 14.9 Å². The Morgan fingerprint density at radius 1 is 1.20 bits per heavy atom. The molecule has 2 N–H and O–H groups in total. The highest BCUT2D eigenvalue weighted by atomic mass is 32.2. The van der Waals surface area contributed by atoms with Gasteiger partial charge in [0, 0.05) is 31.5 Å². The lowest BCUT2D eigenvalue weighted by atomic mass is 10.2. The maximum absolute atomic E-state index is 12.4. The second-order valence-corrected chi connectivity index (χ2v) is 9.21. The summed E-state index contributed by atoms with van der Waals surface area (Å²) in [5, 5.41) is 7.52. The molecular formula is C18H26N6O5S. The standard InChI is InChI=1S/C18H26N6O5S/c1-13-11-24(14-5-2-3-6-14)21-16(13)20-18-19-15(12-29-18)17(25)22-30(26,27)23-7-4-9-28-10-8-23/h11-12,14H,2-10H2,1H3,(H,22,25)(H,19,20,21). The third-order valence-electron chi connectivity index (χ3n) is 5.32. The van der Waals surface area contributed by atoms with E-state index in [0.29, 0.717) is 31.5 Å². The molecule has 0 aromatic carbocycles. The Labute approximate surface area is 175 Å². The molecule has 3 heterocycles. The van der Waals surface area contributed by atoms with Crippen molar-refractivity contribution in [1.29, 1.82) is 0 Å². The Morgan fingerprint density at radius 2 is 2.00 bits per heavy atom. The lowest BCUT2D eigenvalue weighted by Crippen LogP contribution is -2.44. The van der Waals surface area contributed by atoms with E-state index in [2.05, 4.69) is 15.4 Å². The summed E-state index contributed by atoms with van der Waals surface area (Å²) in [5.41, 5.74) is 0.789. The number of nitrogens with zero attached hydrogens (tertiary/aromatic N) is 4. The largest absolute Gasteiger partial charge is 0.431 e. The monoisotopic (exact) mass is 438 g/mol. The van der Waals surface area contributed by atoms with Crippen molar-refractivity contribution in [2.75, 3.05) is 31.6 Å². The van der Waals surface area contributed by atoms with Gasteiger partial charge in [0.05, 0.1) is 12.6 Å². The molecule has 1 saturated carbocycles. The van der Waals surface area contributed by atoms with E-state index in [-0.39, 0.29) is 24.8 Å². The Kier molecular flexibility index (Phi) is 6.06. The predicted molar refractivity (Wildman–Crippen MR) is 108 cm³/mol. The van der Waals surface area contributed by atoms with Crippen LogP contribution in [0.1, 0.15) is 54.2 Å². The van der Waals surface area contributed by atoms with Crippen molar-refractivity contribution >= 4 is 27.9 Å². The Hall–Kier alpha value is -2.44. The fourth-order valence-electron chi connectivity index (χ4n) is 3.70. The molecular weight excluding hydrogens is 412 g/mol. The predicted octanol–water partition coefficient (Wildman–Crippen LogP) is 1.74. The zero-order chi connectivity index (χ0) is 21.1. The van der Waals surface area contributed by atoms with E-state index in [9.17, 15) is 13.2 Å². The van der Waals surface area contributed by atoms with Crippen LogP contribution in [0.3, 0.4) is 0 Å². The van der Waals surface area contributed by atoms with Crippen LogP contribution in [0.5, 0.6) is 0 Å². The number of amides is 1. The summed E-state index contributed by atoms with van der Waals surface area (Å²) < 4.78 is 40.6. The van der Waals surface area contributed by atoms with Crippen LogP contribution in [0.2, 0.25) is 0 Å². The highest BCUT2D eigenvalue weighted by Crippen LogP contribution is 2.30. The number of rotatable bonds is 6. The highest BCUT2D eigenvalue weighted by molar-refractivity contribution is 7.87. The average molecular weight is 439 g/mol. The van der Waals surface area contributed by atoms with E-state index < -0.39 is 16.1 Å². The van der Waals surface area contributed by atoms with Gasteiger partial charge in [-0.2, -0.15) is 22.8 Å². The molecule has 0 atom stereocenters. The number of aryl methyl sites for hydroxylation is 1. The summed E-state index contributed by atoms with van der Waals surface area (Å²) in [6.07, 6.45) is 8.30. The number of aromatic nitrogens is 3. The molecule has 2 aliphatic rings. The minimum Gasteiger partial charge on any atom is -0.431 e. The van der Waals surface area contributed by atoms with Crippen molar-refractivity contribution < 1.29 is 22.4 Å². The molecule has 0 radical (unpaired) electrons. The van der Waals surface area contributed by atoms with Crippen LogP contribution in [0.15, 0.2) is 16.9 Å². The summed E-state index contributed by atoms with van der Waals surface area (Å²) >= 11 is 0. The van der Waals surface area contributed by atoms with Gasteiger partial charge in [0.1, 0.15) is 6.26 Å². The molecule has 1 aliphatic carbocycles. The summed E-state index contributed by atoms with van der Waals surface area (Å²) in [6.45, 7) is 3.19. The first kappa shape index (κ1) is 20.8. The second kappa shape index (κ2) is 8.74. The molecule has 0 unspecified atom stereocenters. The maximum Gasteiger partial charge on any atom is 0.304 e. The fraction of sp³-hybridized carbons (Fsp3) is 0.611. The lowest BCUT2D eigenvalue weighted by molar-refractivity contribution is 0.0973. The van der Waals surface area contributed by atoms with E-state index in [1.807, 2.05) is 22.5 Å². The minimum absolute atomic E-state index is 0.0699. The molecule has 12 heteroatoms. The normalized spacial score (nSPS) is 19.0. The summed E-state index contributed by atoms with van der Waals surface area (Å²) in [7, 11) is -3.98. The molecule has 0 bridgehead atoms. The van der Waals surface area contributed by atoms with E-state index >= 15 is 0 Å². The average Bonchev–Trinajstić information content (AvgIpc) is 3.41. The van der Waals surface area contributed by atoms with Gasteiger partial charge < -0.3 is 9.15 Å². The number of carbonyl (C=O) groups excluding carboxylic acids is 1. The Balaban J connectivity index is 1.40. The number of hydrogen-bond donors (Lipinski definition) is 2. The van der Waals surface area contributed by atoms with Gasteiger partial charge in [0.2, 0.25) is 0 Å². The molecule has 164 valence electrons. The van der Waals surface area contributed by atoms with Crippen molar-refractivity contribution in [3.05, 3.63) is 23.7 Å². The molecule has 2 aromatic heterocycles. The Morgan fingerprint density at radius 3 is 2.80 bits per heavy atom. The van der Waals surface area contributed by atoms with Gasteiger partial charge >= 0.3 is 16.2 Å². The van der Waals surface area contributed by atoms with Gasteiger partial charge in [-0.3, -0.25) is 14.8 Å². The number of oxazole rings is 1. The molecule has 1 amide bonds. The van der Waals surface area contributed by atoms with Crippen molar-refractivity contribution in [1.82, 2.24) is 23.8 Å². The van der Waals surface area contributed by atoms with Crippen molar-refractivity contribution in [3.8, 4) is 0 Å². The molecule has 1 saturated heterocycles. The highest BCUT2D eigenvalue weighted by Gasteiger charge is 2.27. The number of anilines is 2. The summed E-state index contributed by atoms with van der Waals surface area (Å²) in [5.74, 6) is -0.266. The van der Waals surface area contributed by atoms with E-state index in [4.69, 9.17) is 9.15 Å². The Bertz CT molecular complexity index is 987. The number of carbonyl (C=O) groups is 1. The van der Waals surface area contributed by atoms with Crippen LogP contribution < -0.4 is 10.0 Å². The number of ether oxygens (including phenoxy) is 1. The van der Waals surface area contributed by atoms with Crippen LogP contribution in [0.25, 0.3) is 0 Å². The topological polar surface area (TPSA) is 132 Å². The first-order chi connectivity index (χ1) is 14.4. The van der Waals surface area contributed by atoms with Gasteiger partial charge in [-0.05, 0) is 26.2 Å². The van der Waals surface area contributed by atoms with Crippen molar-refractivity contribution in [3.63, 3.8) is 0 Å². The van der Waals surface area contributed by atoms with Gasteiger partial charge in [0.25, 0.3) is 5.91 Å². The van der Waals surface area contributed by atoms with Crippen molar-refractivity contribution in [2.45, 2.75) is 45.1 Å². The third-order valence-corrected chi connectivity index (χ3v) is 6.81. The van der Waals surface area contributed by atoms with E-state index in [0.717, 1.165) is 24.7 Å². The SMILES string of the molecule is Cc1cn(C2CCCC2)nc1Nc1nc(C(=O)NS(=O)(=O)N2CCCOCC2)co1. The van der Waals surface area contributed by atoms with E-state index in [1.54, 1.807) is 0 Å². The maximum atomic E-state index is 12.4. The van der Waals surface area contributed by atoms with Gasteiger partial charge in [-0.15, -0.1) is 0 Å². The third kappa shape index (κ3) is 4.65. The molecule has 11 nitrogen and oxygen atoms in total. The molecule has 4 rings (SSSR count). The minimum atomic E-state index is -3.98. The van der Waals surface area contributed by atoms with Crippen LogP contribution in [-0.4, -0.2) is 59.7 Å². The second-order valence-electron chi connectivity index (χ2n) is 7.54. The fourth-order valence-corrected chi connectivity index (χ4v) is 4.85. The molecule has 0 spiro atoms. The zero-order valence-corrected chi connectivity index (χ0v) is 17.7. The number of hydrogen-bond acceptors (Lipinski definition) is 8. The lowest BCUT2D eigenvalue weighted by Gasteiger charge is -2.18. The molecule has 30 heavy (non-hydrogen) atoms. The quantitative estimate of drug-likeness (QED) is 0.697.